The molecule has 3 aliphatic rings. The number of esters is 2. The van der Waals surface area contributed by atoms with Gasteiger partial charge in [-0.1, -0.05) is 24.6 Å². The number of ether oxygens (including phenoxy) is 2. The van der Waals surface area contributed by atoms with E-state index in [1.807, 2.05) is 0 Å². The van der Waals surface area contributed by atoms with Crippen LogP contribution in [0.3, 0.4) is 0 Å². The molecule has 1 aromatic carbocycles. The number of halogens is 2. The summed E-state index contributed by atoms with van der Waals surface area (Å²) in [5.41, 5.74) is 1.38. The molecule has 0 spiro atoms. The molecule has 0 bridgehead atoms. The van der Waals surface area contributed by atoms with Crippen LogP contribution in [0.15, 0.2) is 40.7 Å². The molecular formula is C25H27ClFNO5. The van der Waals surface area contributed by atoms with Crippen LogP contribution in [0.5, 0.6) is 0 Å². The number of dihydropyridines is 1. The van der Waals surface area contributed by atoms with Gasteiger partial charge in [0.25, 0.3) is 0 Å². The third-order valence-electron chi connectivity index (χ3n) is 6.83. The lowest BCUT2D eigenvalue weighted by Crippen LogP contribution is -2.43. The predicted molar refractivity (Wildman–Crippen MR) is 120 cm³/mol. The van der Waals surface area contributed by atoms with Gasteiger partial charge in [-0.3, -0.25) is 9.59 Å². The molecule has 0 saturated heterocycles. The van der Waals surface area contributed by atoms with Crippen molar-refractivity contribution in [2.45, 2.75) is 58.0 Å². The van der Waals surface area contributed by atoms with Gasteiger partial charge in [0, 0.05) is 27.6 Å². The largest absolute Gasteiger partial charge is 0.468 e. The van der Waals surface area contributed by atoms with Gasteiger partial charge in [0.1, 0.15) is 17.8 Å². The fraction of sp³-hybridized carbons (Fsp3) is 0.480. The summed E-state index contributed by atoms with van der Waals surface area (Å²) in [6.07, 6.45) is 3.64. The highest BCUT2D eigenvalue weighted by molar-refractivity contribution is 6.31. The van der Waals surface area contributed by atoms with Gasteiger partial charge in [-0.15, -0.1) is 0 Å². The molecule has 3 atom stereocenters. The van der Waals surface area contributed by atoms with E-state index in [9.17, 15) is 14.4 Å². The van der Waals surface area contributed by atoms with Crippen molar-refractivity contribution >= 4 is 29.3 Å². The Kier molecular flexibility index (Phi) is 6.61. The Hall–Kier alpha value is -2.67. The fourth-order valence-corrected chi connectivity index (χ4v) is 5.52. The lowest BCUT2D eigenvalue weighted by Gasteiger charge is -2.38. The molecule has 1 saturated carbocycles. The topological polar surface area (TPSA) is 81.7 Å². The lowest BCUT2D eigenvalue weighted by molar-refractivity contribution is -0.151. The summed E-state index contributed by atoms with van der Waals surface area (Å²) in [4.78, 5) is 39.5. The summed E-state index contributed by atoms with van der Waals surface area (Å²) in [6.45, 7) is 3.50. The minimum Gasteiger partial charge on any atom is -0.468 e. The molecule has 1 heterocycles. The van der Waals surface area contributed by atoms with Crippen molar-refractivity contribution in [3.8, 4) is 0 Å². The highest BCUT2D eigenvalue weighted by atomic mass is 35.5. The van der Waals surface area contributed by atoms with E-state index >= 15 is 4.39 Å². The number of methoxy groups -OCH3 is 1. The van der Waals surface area contributed by atoms with Gasteiger partial charge in [0.15, 0.2) is 5.78 Å². The third-order valence-corrected chi connectivity index (χ3v) is 7.16. The monoisotopic (exact) mass is 475 g/mol. The molecule has 8 heteroatoms. The molecule has 0 aromatic heterocycles. The number of benzene rings is 1. The SMILES string of the molecule is COC(=O)[C@H]1C(=O)C2=C(C[C@H]1C)NC(C)=C(C(=O)OC1CCCC1)[C@H]2c1c(F)cccc1Cl. The van der Waals surface area contributed by atoms with E-state index in [0.717, 1.165) is 25.7 Å². The number of carbonyl (C=O) groups excluding carboxylic acids is 3. The number of Topliss-reactive ketones (excluding diaryl/α,β-unsaturated/α-hetero) is 1. The van der Waals surface area contributed by atoms with Gasteiger partial charge >= 0.3 is 11.9 Å². The Morgan fingerprint density at radius 2 is 1.91 bits per heavy atom. The van der Waals surface area contributed by atoms with E-state index < -0.39 is 35.4 Å². The van der Waals surface area contributed by atoms with Gasteiger partial charge in [-0.25, -0.2) is 9.18 Å². The maximum Gasteiger partial charge on any atom is 0.337 e. The summed E-state index contributed by atoms with van der Waals surface area (Å²) in [5, 5.41) is 3.26. The molecule has 6 nitrogen and oxygen atoms in total. The Labute approximate surface area is 197 Å². The van der Waals surface area contributed by atoms with Crippen molar-refractivity contribution in [1.29, 1.82) is 0 Å². The molecule has 4 rings (SSSR count). The third kappa shape index (κ3) is 4.19. The summed E-state index contributed by atoms with van der Waals surface area (Å²) in [5.74, 6) is -4.85. The Morgan fingerprint density at radius 3 is 2.55 bits per heavy atom. The molecule has 0 radical (unpaired) electrons. The predicted octanol–water partition coefficient (Wildman–Crippen LogP) is 4.58. The number of hydrogen-bond donors (Lipinski definition) is 1. The maximum absolute atomic E-state index is 15.2. The molecule has 1 aromatic rings. The number of rotatable bonds is 4. The van der Waals surface area contributed by atoms with Gasteiger partial charge < -0.3 is 14.8 Å². The summed E-state index contributed by atoms with van der Waals surface area (Å²) >= 11 is 6.42. The number of nitrogens with one attached hydrogen (secondary N) is 1. The fourth-order valence-electron chi connectivity index (χ4n) is 5.25. The van der Waals surface area contributed by atoms with Gasteiger partial charge in [0.05, 0.1) is 18.6 Å². The van der Waals surface area contributed by atoms with Crippen molar-refractivity contribution in [3.63, 3.8) is 0 Å². The minimum absolute atomic E-state index is 0.0254. The van der Waals surface area contributed by atoms with Crippen LogP contribution in [0.25, 0.3) is 0 Å². The number of carbonyl (C=O) groups is 3. The molecule has 2 aliphatic carbocycles. The van der Waals surface area contributed by atoms with Crippen LogP contribution in [-0.4, -0.2) is 30.9 Å². The molecule has 33 heavy (non-hydrogen) atoms. The van der Waals surface area contributed by atoms with Crippen LogP contribution in [0.2, 0.25) is 5.02 Å². The number of ketones is 1. The van der Waals surface area contributed by atoms with Crippen molar-refractivity contribution in [3.05, 3.63) is 57.1 Å². The maximum atomic E-state index is 15.2. The zero-order chi connectivity index (χ0) is 23.9. The van der Waals surface area contributed by atoms with E-state index in [-0.39, 0.29) is 33.8 Å². The Morgan fingerprint density at radius 1 is 1.21 bits per heavy atom. The van der Waals surface area contributed by atoms with E-state index in [2.05, 4.69) is 5.32 Å². The van der Waals surface area contributed by atoms with Crippen molar-refractivity contribution < 1.29 is 28.2 Å². The van der Waals surface area contributed by atoms with Crippen LogP contribution < -0.4 is 5.32 Å². The molecule has 0 unspecified atom stereocenters. The zero-order valence-corrected chi connectivity index (χ0v) is 19.6. The second-order valence-corrected chi connectivity index (χ2v) is 9.39. The standard InChI is InChI=1S/C25H27ClFNO5/c1-12-11-17-21(23(29)18(12)24(30)32-3)22(20-15(26)9-6-10-16(20)27)19(13(2)28-17)25(31)33-14-7-4-5-8-14/h6,9-10,12,14,18,22,28H,4-5,7-8,11H2,1-3H3/t12-,18-,22+/m1/s1. The average molecular weight is 476 g/mol. The quantitative estimate of drug-likeness (QED) is 0.507. The van der Waals surface area contributed by atoms with E-state index in [1.165, 1.54) is 25.3 Å². The van der Waals surface area contributed by atoms with Crippen LogP contribution in [0.1, 0.15) is 57.4 Å². The number of hydrogen-bond acceptors (Lipinski definition) is 6. The first-order valence-corrected chi connectivity index (χ1v) is 11.6. The Balaban J connectivity index is 1.86. The molecule has 1 N–H and O–H groups in total. The van der Waals surface area contributed by atoms with Gasteiger partial charge in [-0.05, 0) is 57.1 Å². The number of allylic oxidation sites excluding steroid dienone is 3. The average Bonchev–Trinajstić information content (AvgIpc) is 3.25. The Bertz CT molecular complexity index is 1050. The minimum atomic E-state index is -1.09. The zero-order valence-electron chi connectivity index (χ0n) is 18.9. The summed E-state index contributed by atoms with van der Waals surface area (Å²) in [7, 11) is 1.23. The van der Waals surface area contributed by atoms with Crippen molar-refractivity contribution in [1.82, 2.24) is 5.32 Å². The van der Waals surface area contributed by atoms with Crippen molar-refractivity contribution in [2.24, 2.45) is 11.8 Å². The highest BCUT2D eigenvalue weighted by Crippen LogP contribution is 2.47. The first kappa shape index (κ1) is 23.5. The molecule has 1 fully saturated rings. The second-order valence-electron chi connectivity index (χ2n) is 8.98. The summed E-state index contributed by atoms with van der Waals surface area (Å²) in [6, 6.07) is 4.23. The smallest absolute Gasteiger partial charge is 0.337 e. The van der Waals surface area contributed by atoms with Crippen LogP contribution in [-0.2, 0) is 23.9 Å². The summed E-state index contributed by atoms with van der Waals surface area (Å²) < 4.78 is 25.8. The molecule has 1 aliphatic heterocycles. The first-order chi connectivity index (χ1) is 15.7. The molecular weight excluding hydrogens is 449 g/mol. The first-order valence-electron chi connectivity index (χ1n) is 11.2. The van der Waals surface area contributed by atoms with E-state index in [1.54, 1.807) is 13.8 Å². The van der Waals surface area contributed by atoms with Gasteiger partial charge in [-0.2, -0.15) is 0 Å². The highest BCUT2D eigenvalue weighted by Gasteiger charge is 2.48. The van der Waals surface area contributed by atoms with E-state index in [4.69, 9.17) is 21.1 Å². The normalized spacial score (nSPS) is 25.6. The molecule has 176 valence electrons. The van der Waals surface area contributed by atoms with Crippen molar-refractivity contribution in [2.75, 3.05) is 7.11 Å². The van der Waals surface area contributed by atoms with Gasteiger partial charge in [0.2, 0.25) is 0 Å². The lowest BCUT2D eigenvalue weighted by atomic mass is 9.69. The van der Waals surface area contributed by atoms with Crippen LogP contribution in [0, 0.1) is 17.7 Å². The van der Waals surface area contributed by atoms with E-state index in [0.29, 0.717) is 17.8 Å². The second kappa shape index (κ2) is 9.29. The van der Waals surface area contributed by atoms with Crippen LogP contribution >= 0.6 is 11.6 Å². The molecule has 0 amide bonds. The van der Waals surface area contributed by atoms with Crippen LogP contribution in [0.4, 0.5) is 4.39 Å².